The third kappa shape index (κ3) is 4.40. The first-order valence-corrected chi connectivity index (χ1v) is 5.30. The quantitative estimate of drug-likeness (QED) is 0.621. The maximum atomic E-state index is 5.96. The Hall–Kier alpha value is -0.930. The zero-order valence-corrected chi connectivity index (χ0v) is 9.92. The van der Waals surface area contributed by atoms with Crippen molar-refractivity contribution < 1.29 is 4.74 Å². The van der Waals surface area contributed by atoms with Crippen molar-refractivity contribution in [2.24, 2.45) is 0 Å². The first kappa shape index (κ1) is 12.1. The maximum Gasteiger partial charge on any atom is 0.138 e. The number of hydrogen-bond acceptors (Lipinski definition) is 3. The summed E-state index contributed by atoms with van der Waals surface area (Å²) in [6.45, 7) is 1.68. The Morgan fingerprint density at radius 2 is 2.13 bits per heavy atom. The van der Waals surface area contributed by atoms with Crippen LogP contribution in [-0.4, -0.2) is 32.1 Å². The molecule has 0 spiro atoms. The molecule has 4 heteroatoms. The van der Waals surface area contributed by atoms with Gasteiger partial charge in [0.25, 0.3) is 0 Å². The standard InChI is InChI=1S/C11H17ClN2O/c1-14(2)6-3-7-15-11-5-4-9(13)8-10(11)12/h4-5,8H,3,6-7,13H2,1-2H3. The summed E-state index contributed by atoms with van der Waals surface area (Å²) in [4.78, 5) is 2.12. The number of rotatable bonds is 5. The van der Waals surface area contributed by atoms with Crippen LogP contribution in [0, 0.1) is 0 Å². The summed E-state index contributed by atoms with van der Waals surface area (Å²) < 4.78 is 5.53. The van der Waals surface area contributed by atoms with Crippen LogP contribution in [-0.2, 0) is 0 Å². The fraction of sp³-hybridized carbons (Fsp3) is 0.455. The van der Waals surface area contributed by atoms with Crippen LogP contribution in [0.25, 0.3) is 0 Å². The Kier molecular flexibility index (Phi) is 4.72. The van der Waals surface area contributed by atoms with Crippen LogP contribution in [0.15, 0.2) is 18.2 Å². The summed E-state index contributed by atoms with van der Waals surface area (Å²) in [6.07, 6.45) is 0.980. The van der Waals surface area contributed by atoms with E-state index in [9.17, 15) is 0 Å². The molecule has 0 radical (unpaired) electrons. The molecule has 0 aliphatic rings. The van der Waals surface area contributed by atoms with E-state index in [1.165, 1.54) is 0 Å². The number of anilines is 1. The number of nitrogens with two attached hydrogens (primary N) is 1. The number of nitrogens with zero attached hydrogens (tertiary/aromatic N) is 1. The number of halogens is 1. The molecule has 0 aromatic heterocycles. The molecule has 15 heavy (non-hydrogen) atoms. The lowest BCUT2D eigenvalue weighted by Gasteiger charge is -2.11. The summed E-state index contributed by atoms with van der Waals surface area (Å²) in [6, 6.07) is 5.28. The molecule has 1 aromatic rings. The van der Waals surface area contributed by atoms with E-state index in [2.05, 4.69) is 4.90 Å². The van der Waals surface area contributed by atoms with E-state index in [4.69, 9.17) is 22.1 Å². The van der Waals surface area contributed by atoms with Gasteiger partial charge in [-0.3, -0.25) is 0 Å². The average Bonchev–Trinajstić information content (AvgIpc) is 2.14. The van der Waals surface area contributed by atoms with Crippen LogP contribution in [0.3, 0.4) is 0 Å². The van der Waals surface area contributed by atoms with Gasteiger partial charge in [0.15, 0.2) is 0 Å². The van der Waals surface area contributed by atoms with Crippen LogP contribution in [0.5, 0.6) is 5.75 Å². The highest BCUT2D eigenvalue weighted by molar-refractivity contribution is 6.32. The molecule has 84 valence electrons. The third-order valence-electron chi connectivity index (χ3n) is 1.96. The number of ether oxygens (including phenoxy) is 1. The van der Waals surface area contributed by atoms with Gasteiger partial charge in [0.05, 0.1) is 11.6 Å². The molecule has 0 amide bonds. The van der Waals surface area contributed by atoms with E-state index in [0.717, 1.165) is 13.0 Å². The first-order chi connectivity index (χ1) is 7.09. The molecule has 3 nitrogen and oxygen atoms in total. The molecule has 0 atom stereocenters. The third-order valence-corrected chi connectivity index (χ3v) is 2.26. The molecule has 0 bridgehead atoms. The Labute approximate surface area is 95.8 Å². The largest absolute Gasteiger partial charge is 0.492 e. The fourth-order valence-electron chi connectivity index (χ4n) is 1.20. The SMILES string of the molecule is CN(C)CCCOc1ccc(N)cc1Cl. The highest BCUT2D eigenvalue weighted by Crippen LogP contribution is 2.26. The van der Waals surface area contributed by atoms with Crippen LogP contribution >= 0.6 is 11.6 Å². The van der Waals surface area contributed by atoms with Gasteiger partial charge in [-0.1, -0.05) is 11.6 Å². The molecule has 0 saturated heterocycles. The second-order valence-corrected chi connectivity index (χ2v) is 4.10. The van der Waals surface area contributed by atoms with Crippen molar-refractivity contribution in [1.82, 2.24) is 4.90 Å². The minimum atomic E-state index is 0.569. The van der Waals surface area contributed by atoms with Crippen LogP contribution in [0.1, 0.15) is 6.42 Å². The molecule has 1 aromatic carbocycles. The minimum absolute atomic E-state index is 0.569. The molecule has 0 aliphatic carbocycles. The molecule has 0 fully saturated rings. The maximum absolute atomic E-state index is 5.96. The Morgan fingerprint density at radius 3 is 2.73 bits per heavy atom. The van der Waals surface area contributed by atoms with Crippen molar-refractivity contribution in [2.45, 2.75) is 6.42 Å². The van der Waals surface area contributed by atoms with E-state index in [1.807, 2.05) is 14.1 Å². The highest BCUT2D eigenvalue weighted by atomic mass is 35.5. The molecule has 0 unspecified atom stereocenters. The van der Waals surface area contributed by atoms with Crippen molar-refractivity contribution in [2.75, 3.05) is 33.0 Å². The molecule has 1 rings (SSSR count). The molecule has 0 saturated carbocycles. The van der Waals surface area contributed by atoms with Crippen molar-refractivity contribution in [3.8, 4) is 5.75 Å². The second-order valence-electron chi connectivity index (χ2n) is 3.70. The molecule has 0 aliphatic heterocycles. The summed E-state index contributed by atoms with van der Waals surface area (Å²) in [5.74, 6) is 0.699. The van der Waals surface area contributed by atoms with Gasteiger partial charge in [-0.25, -0.2) is 0 Å². The topological polar surface area (TPSA) is 38.5 Å². The zero-order valence-electron chi connectivity index (χ0n) is 9.16. The van der Waals surface area contributed by atoms with Crippen LogP contribution < -0.4 is 10.5 Å². The van der Waals surface area contributed by atoms with Gasteiger partial charge in [-0.05, 0) is 38.7 Å². The first-order valence-electron chi connectivity index (χ1n) is 4.92. The van der Waals surface area contributed by atoms with E-state index in [-0.39, 0.29) is 0 Å². The van der Waals surface area contributed by atoms with Crippen LogP contribution in [0.4, 0.5) is 5.69 Å². The Balaban J connectivity index is 2.37. The molecule has 2 N–H and O–H groups in total. The highest BCUT2D eigenvalue weighted by Gasteiger charge is 2.01. The van der Waals surface area contributed by atoms with Gasteiger partial charge in [-0.15, -0.1) is 0 Å². The summed E-state index contributed by atoms with van der Waals surface area (Å²) in [5, 5.41) is 0.569. The van der Waals surface area contributed by atoms with Crippen molar-refractivity contribution in [3.05, 3.63) is 23.2 Å². The predicted octanol–water partition coefficient (Wildman–Crippen LogP) is 2.25. The fourth-order valence-corrected chi connectivity index (χ4v) is 1.44. The second kappa shape index (κ2) is 5.83. The van der Waals surface area contributed by atoms with E-state index in [0.29, 0.717) is 23.1 Å². The van der Waals surface area contributed by atoms with Gasteiger partial charge < -0.3 is 15.4 Å². The van der Waals surface area contributed by atoms with Crippen LogP contribution in [0.2, 0.25) is 5.02 Å². The minimum Gasteiger partial charge on any atom is -0.492 e. The molecular formula is C11H17ClN2O. The van der Waals surface area contributed by atoms with Gasteiger partial charge in [0.2, 0.25) is 0 Å². The van der Waals surface area contributed by atoms with E-state index in [1.54, 1.807) is 18.2 Å². The number of nitrogen functional groups attached to an aromatic ring is 1. The summed E-state index contributed by atoms with van der Waals surface area (Å²) >= 11 is 5.96. The molecule has 0 heterocycles. The zero-order chi connectivity index (χ0) is 11.3. The van der Waals surface area contributed by atoms with Gasteiger partial charge in [0.1, 0.15) is 5.75 Å². The normalized spacial score (nSPS) is 10.7. The van der Waals surface area contributed by atoms with Gasteiger partial charge in [-0.2, -0.15) is 0 Å². The van der Waals surface area contributed by atoms with Gasteiger partial charge >= 0.3 is 0 Å². The number of hydrogen-bond donors (Lipinski definition) is 1. The number of benzene rings is 1. The smallest absolute Gasteiger partial charge is 0.138 e. The Bertz CT molecular complexity index is 315. The van der Waals surface area contributed by atoms with Crippen molar-refractivity contribution in [3.63, 3.8) is 0 Å². The van der Waals surface area contributed by atoms with E-state index >= 15 is 0 Å². The summed E-state index contributed by atoms with van der Waals surface area (Å²) in [7, 11) is 4.08. The van der Waals surface area contributed by atoms with E-state index < -0.39 is 0 Å². The van der Waals surface area contributed by atoms with Gasteiger partial charge in [0, 0.05) is 12.2 Å². The lowest BCUT2D eigenvalue weighted by atomic mass is 10.3. The predicted molar refractivity (Wildman–Crippen MR) is 64.5 cm³/mol. The lowest BCUT2D eigenvalue weighted by molar-refractivity contribution is 0.282. The molecular weight excluding hydrogens is 212 g/mol. The Morgan fingerprint density at radius 1 is 1.40 bits per heavy atom. The monoisotopic (exact) mass is 228 g/mol. The average molecular weight is 229 g/mol. The summed E-state index contributed by atoms with van der Waals surface area (Å²) in [5.41, 5.74) is 6.23. The van der Waals surface area contributed by atoms with Crippen molar-refractivity contribution in [1.29, 1.82) is 0 Å². The van der Waals surface area contributed by atoms with Crippen molar-refractivity contribution >= 4 is 17.3 Å². The lowest BCUT2D eigenvalue weighted by Crippen LogP contribution is -2.15.